The summed E-state index contributed by atoms with van der Waals surface area (Å²) in [4.78, 5) is 12.0. The molecule has 0 bridgehead atoms. The zero-order chi connectivity index (χ0) is 14.4. The van der Waals surface area contributed by atoms with Crippen molar-refractivity contribution in [1.29, 1.82) is 0 Å². The fourth-order valence-corrected chi connectivity index (χ4v) is 2.89. The zero-order valence-electron chi connectivity index (χ0n) is 11.1. The largest absolute Gasteiger partial charge is 0.351 e. The minimum absolute atomic E-state index is 0.0850. The van der Waals surface area contributed by atoms with Gasteiger partial charge in [0.05, 0.1) is 10.9 Å². The van der Waals surface area contributed by atoms with Gasteiger partial charge in [0.15, 0.2) is 0 Å². The number of hydrogen-bond acceptors (Lipinski definition) is 1. The Balaban J connectivity index is 2.60. The molecule has 0 radical (unpaired) electrons. The third kappa shape index (κ3) is 4.77. The highest BCUT2D eigenvalue weighted by molar-refractivity contribution is 9.10. The molecule has 0 aromatic heterocycles. The quantitative estimate of drug-likeness (QED) is 0.759. The molecule has 1 rings (SSSR count). The molecular weight excluding hydrogens is 333 g/mol. The average Bonchev–Trinajstić information content (AvgIpc) is 2.37. The minimum atomic E-state index is -0.379. The van der Waals surface area contributed by atoms with E-state index in [1.54, 1.807) is 0 Å². The lowest BCUT2D eigenvalue weighted by Crippen LogP contribution is -2.33. The van der Waals surface area contributed by atoms with Crippen LogP contribution in [0.3, 0.4) is 0 Å². The van der Waals surface area contributed by atoms with Crippen LogP contribution in [0.25, 0.3) is 0 Å². The second-order valence-electron chi connectivity index (χ2n) is 4.43. The van der Waals surface area contributed by atoms with E-state index >= 15 is 0 Å². The van der Waals surface area contributed by atoms with Crippen molar-refractivity contribution >= 4 is 33.4 Å². The molecule has 0 spiro atoms. The van der Waals surface area contributed by atoms with Gasteiger partial charge in [-0.2, -0.15) is 0 Å². The summed E-state index contributed by atoms with van der Waals surface area (Å²) in [7, 11) is 0. The lowest BCUT2D eigenvalue weighted by molar-refractivity contribution is 0.0950. The predicted octanol–water partition coefficient (Wildman–Crippen LogP) is 4.36. The Morgan fingerprint density at radius 2 is 2.05 bits per heavy atom. The fourth-order valence-electron chi connectivity index (χ4n) is 1.93. The number of nitrogens with one attached hydrogen (secondary N) is 1. The highest BCUT2D eigenvalue weighted by Crippen LogP contribution is 2.20. The summed E-state index contributed by atoms with van der Waals surface area (Å²) in [6, 6.07) is 3.99. The van der Waals surface area contributed by atoms with Crippen LogP contribution in [0.1, 0.15) is 37.0 Å². The molecule has 2 nitrogen and oxygen atoms in total. The Hall–Kier alpha value is -0.610. The number of halogens is 3. The van der Waals surface area contributed by atoms with Gasteiger partial charge in [-0.15, -0.1) is 11.6 Å². The zero-order valence-corrected chi connectivity index (χ0v) is 13.4. The molecule has 1 amide bonds. The third-order valence-electron chi connectivity index (χ3n) is 3.19. The summed E-state index contributed by atoms with van der Waals surface area (Å²) in [5, 5.41) is 2.70. The van der Waals surface area contributed by atoms with E-state index < -0.39 is 0 Å². The van der Waals surface area contributed by atoms with E-state index in [0.29, 0.717) is 22.5 Å². The molecule has 0 aliphatic rings. The van der Waals surface area contributed by atoms with Crippen molar-refractivity contribution < 1.29 is 9.18 Å². The highest BCUT2D eigenvalue weighted by Gasteiger charge is 2.17. The normalized spacial score (nSPS) is 12.5. The van der Waals surface area contributed by atoms with Crippen molar-refractivity contribution in [3.63, 3.8) is 0 Å². The van der Waals surface area contributed by atoms with Gasteiger partial charge >= 0.3 is 0 Å². The number of alkyl halides is 1. The molecule has 106 valence electrons. The molecule has 0 aliphatic heterocycles. The SMILES string of the molecule is CCC(CC)C(Cl)CNC(=O)c1ccc(F)cc1Br. The molecule has 0 heterocycles. The first-order chi connectivity index (χ1) is 8.99. The van der Waals surface area contributed by atoms with Crippen LogP contribution in [-0.4, -0.2) is 17.8 Å². The van der Waals surface area contributed by atoms with Gasteiger partial charge in [0.2, 0.25) is 0 Å². The van der Waals surface area contributed by atoms with Crippen LogP contribution in [0.5, 0.6) is 0 Å². The standard InChI is InChI=1S/C14H18BrClFNO/c1-3-9(4-2)13(16)8-18-14(19)11-6-5-10(17)7-12(11)15/h5-7,9,13H,3-4,8H2,1-2H3,(H,18,19). The second kappa shape index (κ2) is 7.85. The Kier molecular flexibility index (Phi) is 6.80. The highest BCUT2D eigenvalue weighted by atomic mass is 79.9. The van der Waals surface area contributed by atoms with Crippen molar-refractivity contribution in [3.8, 4) is 0 Å². The van der Waals surface area contributed by atoms with Crippen LogP contribution in [-0.2, 0) is 0 Å². The summed E-state index contributed by atoms with van der Waals surface area (Å²) in [6.07, 6.45) is 1.97. The van der Waals surface area contributed by atoms with Crippen LogP contribution in [0, 0.1) is 11.7 Å². The van der Waals surface area contributed by atoms with E-state index in [-0.39, 0.29) is 17.1 Å². The number of amides is 1. The second-order valence-corrected chi connectivity index (χ2v) is 5.84. The number of rotatable bonds is 6. The maximum Gasteiger partial charge on any atom is 0.252 e. The first kappa shape index (κ1) is 16.4. The molecule has 1 aromatic rings. The van der Waals surface area contributed by atoms with Crippen molar-refractivity contribution in [2.75, 3.05) is 6.54 Å². The molecule has 1 N–H and O–H groups in total. The average molecular weight is 351 g/mol. The van der Waals surface area contributed by atoms with Gasteiger partial charge < -0.3 is 5.32 Å². The predicted molar refractivity (Wildman–Crippen MR) is 80.1 cm³/mol. The molecule has 0 fully saturated rings. The van der Waals surface area contributed by atoms with E-state index in [1.165, 1.54) is 18.2 Å². The Morgan fingerprint density at radius 1 is 1.42 bits per heavy atom. The smallest absolute Gasteiger partial charge is 0.252 e. The molecule has 19 heavy (non-hydrogen) atoms. The van der Waals surface area contributed by atoms with Crippen LogP contribution in [0.2, 0.25) is 0 Å². The van der Waals surface area contributed by atoms with Gasteiger partial charge in [0, 0.05) is 11.0 Å². The summed E-state index contributed by atoms with van der Waals surface area (Å²) >= 11 is 9.43. The van der Waals surface area contributed by atoms with Crippen LogP contribution >= 0.6 is 27.5 Å². The first-order valence-corrected chi connectivity index (χ1v) is 7.59. The van der Waals surface area contributed by atoms with Gasteiger partial charge in [-0.1, -0.05) is 26.7 Å². The lowest BCUT2D eigenvalue weighted by atomic mass is 9.99. The Bertz CT molecular complexity index is 437. The Labute approximate surface area is 126 Å². The molecule has 0 saturated heterocycles. The summed E-state index contributed by atoms with van der Waals surface area (Å²) < 4.78 is 13.4. The molecular formula is C14H18BrClFNO. The van der Waals surface area contributed by atoms with Crippen molar-refractivity contribution in [2.24, 2.45) is 5.92 Å². The number of benzene rings is 1. The van der Waals surface area contributed by atoms with E-state index in [4.69, 9.17) is 11.6 Å². The van der Waals surface area contributed by atoms with Gasteiger partial charge in [-0.05, 0) is 40.0 Å². The molecule has 1 unspecified atom stereocenters. The van der Waals surface area contributed by atoms with Gasteiger partial charge in [0.1, 0.15) is 5.82 Å². The topological polar surface area (TPSA) is 29.1 Å². The van der Waals surface area contributed by atoms with Crippen molar-refractivity contribution in [1.82, 2.24) is 5.32 Å². The first-order valence-electron chi connectivity index (χ1n) is 6.36. The van der Waals surface area contributed by atoms with Crippen LogP contribution in [0.15, 0.2) is 22.7 Å². The molecule has 5 heteroatoms. The van der Waals surface area contributed by atoms with Gasteiger partial charge in [-0.3, -0.25) is 4.79 Å². The maximum absolute atomic E-state index is 12.9. The monoisotopic (exact) mass is 349 g/mol. The lowest BCUT2D eigenvalue weighted by Gasteiger charge is -2.19. The van der Waals surface area contributed by atoms with Crippen LogP contribution < -0.4 is 5.32 Å². The number of hydrogen-bond donors (Lipinski definition) is 1. The summed E-state index contributed by atoms with van der Waals surface area (Å²) in [5.41, 5.74) is 0.412. The van der Waals surface area contributed by atoms with Crippen molar-refractivity contribution in [2.45, 2.75) is 32.1 Å². The van der Waals surface area contributed by atoms with Crippen molar-refractivity contribution in [3.05, 3.63) is 34.1 Å². The molecule has 1 atom stereocenters. The van der Waals surface area contributed by atoms with E-state index in [9.17, 15) is 9.18 Å². The minimum Gasteiger partial charge on any atom is -0.351 e. The van der Waals surface area contributed by atoms with Gasteiger partial charge in [-0.25, -0.2) is 4.39 Å². The van der Waals surface area contributed by atoms with E-state index in [0.717, 1.165) is 12.8 Å². The number of carbonyl (C=O) groups excluding carboxylic acids is 1. The van der Waals surface area contributed by atoms with E-state index in [2.05, 4.69) is 35.1 Å². The Morgan fingerprint density at radius 3 is 2.58 bits per heavy atom. The van der Waals surface area contributed by atoms with E-state index in [1.807, 2.05) is 0 Å². The van der Waals surface area contributed by atoms with Gasteiger partial charge in [0.25, 0.3) is 5.91 Å². The molecule has 1 aromatic carbocycles. The third-order valence-corrected chi connectivity index (χ3v) is 4.36. The summed E-state index contributed by atoms with van der Waals surface area (Å²) in [5.74, 6) is -0.238. The molecule has 0 aliphatic carbocycles. The summed E-state index contributed by atoms with van der Waals surface area (Å²) in [6.45, 7) is 4.58. The number of carbonyl (C=O) groups is 1. The maximum atomic E-state index is 12.9. The molecule has 0 saturated carbocycles. The van der Waals surface area contributed by atoms with Crippen LogP contribution in [0.4, 0.5) is 4.39 Å². The fraction of sp³-hybridized carbons (Fsp3) is 0.500.